The summed E-state index contributed by atoms with van der Waals surface area (Å²) in [7, 11) is 3.47. The Morgan fingerprint density at radius 2 is 2.04 bits per heavy atom. The molecule has 0 aliphatic carbocycles. The van der Waals surface area contributed by atoms with E-state index in [-0.39, 0.29) is 39.9 Å². The largest absolute Gasteiger partial charge is 0.504 e. The van der Waals surface area contributed by atoms with E-state index in [1.54, 1.807) is 6.07 Å². The number of piperidine rings is 1. The minimum atomic E-state index is -0.386. The molecule has 1 aromatic carbocycles. The highest BCUT2D eigenvalue weighted by Gasteiger charge is 2.22. The fraction of sp³-hybridized carbons (Fsp3) is 0.500. The van der Waals surface area contributed by atoms with E-state index in [1.165, 1.54) is 13.2 Å². The molecular weight excluding hydrogens is 326 g/mol. The van der Waals surface area contributed by atoms with Crippen LogP contribution in [0.25, 0.3) is 11.0 Å². The Labute approximate surface area is 145 Å². The van der Waals surface area contributed by atoms with Crippen LogP contribution in [0, 0.1) is 0 Å². The average Bonchev–Trinajstić information content (AvgIpc) is 2.57. The van der Waals surface area contributed by atoms with Gasteiger partial charge < -0.3 is 28.6 Å². The number of hydrogen-bond acceptors (Lipinski definition) is 7. The maximum Gasteiger partial charge on any atom is 0.289 e. The highest BCUT2D eigenvalue weighted by atomic mass is 16.6. The number of phenolic OH excluding ortho intramolecular Hbond substituents is 1. The number of fused-ring (bicyclic) bond motifs is 1. The molecule has 3 rings (SSSR count). The Kier molecular flexibility index (Phi) is 5.03. The van der Waals surface area contributed by atoms with Crippen molar-refractivity contribution in [1.29, 1.82) is 0 Å². The number of phenols is 1. The number of benzene rings is 1. The monoisotopic (exact) mass is 349 g/mol. The first kappa shape index (κ1) is 17.4. The molecule has 7 heteroatoms. The number of nitrogens with zero attached hydrogens (tertiary/aromatic N) is 1. The molecule has 2 heterocycles. The molecule has 1 fully saturated rings. The van der Waals surface area contributed by atoms with Gasteiger partial charge in [-0.15, -0.1) is 0 Å². The average molecular weight is 349 g/mol. The number of hydrogen-bond donors (Lipinski definition) is 1. The first-order chi connectivity index (χ1) is 12.0. The molecule has 1 N–H and O–H groups in total. The van der Waals surface area contributed by atoms with Gasteiger partial charge in [-0.3, -0.25) is 4.79 Å². The predicted molar refractivity (Wildman–Crippen MR) is 93.0 cm³/mol. The summed E-state index contributed by atoms with van der Waals surface area (Å²) >= 11 is 0. The van der Waals surface area contributed by atoms with E-state index in [1.807, 2.05) is 6.92 Å². The van der Waals surface area contributed by atoms with Crippen molar-refractivity contribution in [3.8, 4) is 23.2 Å². The van der Waals surface area contributed by atoms with Crippen molar-refractivity contribution in [2.45, 2.75) is 25.9 Å². The molecule has 0 atom stereocenters. The maximum absolute atomic E-state index is 12.4. The first-order valence-electron chi connectivity index (χ1n) is 8.39. The van der Waals surface area contributed by atoms with Crippen LogP contribution < -0.4 is 19.6 Å². The molecule has 0 spiro atoms. The van der Waals surface area contributed by atoms with E-state index < -0.39 is 0 Å². The van der Waals surface area contributed by atoms with Gasteiger partial charge in [0.25, 0.3) is 5.95 Å². The first-order valence-corrected chi connectivity index (χ1v) is 8.39. The summed E-state index contributed by atoms with van der Waals surface area (Å²) in [6, 6.07) is 2.81. The van der Waals surface area contributed by atoms with Crippen molar-refractivity contribution in [2.24, 2.45) is 0 Å². The summed E-state index contributed by atoms with van der Waals surface area (Å²) in [5, 5.41) is 10.4. The Bertz CT molecular complexity index is 807. The van der Waals surface area contributed by atoms with Gasteiger partial charge in [0.05, 0.1) is 19.8 Å². The fourth-order valence-corrected chi connectivity index (χ4v) is 3.02. The minimum absolute atomic E-state index is 0.00927. The van der Waals surface area contributed by atoms with Crippen molar-refractivity contribution in [1.82, 2.24) is 4.90 Å². The molecule has 7 nitrogen and oxygen atoms in total. The highest BCUT2D eigenvalue weighted by molar-refractivity contribution is 5.88. The van der Waals surface area contributed by atoms with E-state index in [2.05, 4.69) is 11.9 Å². The van der Waals surface area contributed by atoms with Crippen LogP contribution in [0.2, 0.25) is 0 Å². The third kappa shape index (κ3) is 3.51. The summed E-state index contributed by atoms with van der Waals surface area (Å²) in [5.74, 6) is 0.294. The number of ether oxygens (including phenoxy) is 3. The number of likely N-dealkylation sites (tertiary alicyclic amines) is 1. The third-order valence-electron chi connectivity index (χ3n) is 4.34. The van der Waals surface area contributed by atoms with Gasteiger partial charge in [0.2, 0.25) is 11.2 Å². The zero-order valence-corrected chi connectivity index (χ0v) is 14.7. The Balaban J connectivity index is 1.99. The second-order valence-corrected chi connectivity index (χ2v) is 6.11. The van der Waals surface area contributed by atoms with Crippen LogP contribution in [0.15, 0.2) is 21.3 Å². The van der Waals surface area contributed by atoms with Gasteiger partial charge in [-0.05, 0) is 26.8 Å². The summed E-state index contributed by atoms with van der Waals surface area (Å²) in [5.41, 5.74) is -0.180. The molecule has 0 radical (unpaired) electrons. The van der Waals surface area contributed by atoms with Gasteiger partial charge in [0.1, 0.15) is 17.1 Å². The van der Waals surface area contributed by atoms with Crippen molar-refractivity contribution in [2.75, 3.05) is 33.9 Å². The van der Waals surface area contributed by atoms with Crippen molar-refractivity contribution < 1.29 is 23.7 Å². The van der Waals surface area contributed by atoms with Crippen molar-refractivity contribution >= 4 is 11.0 Å². The summed E-state index contributed by atoms with van der Waals surface area (Å²) in [4.78, 5) is 14.7. The lowest BCUT2D eigenvalue weighted by Crippen LogP contribution is -2.35. The molecule has 0 saturated carbocycles. The second-order valence-electron chi connectivity index (χ2n) is 6.11. The highest BCUT2D eigenvalue weighted by Crippen LogP contribution is 2.42. The summed E-state index contributed by atoms with van der Waals surface area (Å²) < 4.78 is 22.2. The predicted octanol–water partition coefficient (Wildman–Crippen LogP) is 2.38. The van der Waals surface area contributed by atoms with Crippen LogP contribution in [-0.2, 0) is 0 Å². The van der Waals surface area contributed by atoms with Crippen molar-refractivity contribution in [3.05, 3.63) is 22.4 Å². The number of rotatable bonds is 5. The van der Waals surface area contributed by atoms with Crippen molar-refractivity contribution in [3.63, 3.8) is 0 Å². The van der Waals surface area contributed by atoms with E-state index in [0.29, 0.717) is 12.4 Å². The third-order valence-corrected chi connectivity index (χ3v) is 4.34. The standard InChI is InChI=1S/C18H23NO6/c1-4-23-14-10-13-16(17(21)18(14)22-3)12(20)9-15(25-13)24-11-5-7-19(2)8-6-11/h9-11,21H,4-8H2,1-3H3. The van der Waals surface area contributed by atoms with Crippen LogP contribution in [0.3, 0.4) is 0 Å². The van der Waals surface area contributed by atoms with Crippen LogP contribution in [-0.4, -0.2) is 50.0 Å². The lowest BCUT2D eigenvalue weighted by molar-refractivity contribution is 0.0908. The molecule has 136 valence electrons. The van der Waals surface area contributed by atoms with Crippen LogP contribution in [0.1, 0.15) is 19.8 Å². The molecule has 25 heavy (non-hydrogen) atoms. The smallest absolute Gasteiger partial charge is 0.289 e. The summed E-state index contributed by atoms with van der Waals surface area (Å²) in [6.07, 6.45) is 1.75. The Morgan fingerprint density at radius 3 is 2.68 bits per heavy atom. The van der Waals surface area contributed by atoms with E-state index in [9.17, 15) is 9.90 Å². The molecular formula is C18H23NO6. The molecule has 1 aliphatic heterocycles. The van der Waals surface area contributed by atoms with Gasteiger partial charge in [-0.25, -0.2) is 0 Å². The lowest BCUT2D eigenvalue weighted by atomic mass is 10.1. The van der Waals surface area contributed by atoms with Gasteiger partial charge in [-0.1, -0.05) is 0 Å². The number of aromatic hydroxyl groups is 1. The Morgan fingerprint density at radius 1 is 1.32 bits per heavy atom. The van der Waals surface area contributed by atoms with Gasteiger partial charge in [-0.2, -0.15) is 0 Å². The molecule has 1 saturated heterocycles. The van der Waals surface area contributed by atoms with E-state index in [4.69, 9.17) is 18.6 Å². The fourth-order valence-electron chi connectivity index (χ4n) is 3.02. The van der Waals surface area contributed by atoms with E-state index >= 15 is 0 Å². The topological polar surface area (TPSA) is 81.4 Å². The molecule has 0 bridgehead atoms. The van der Waals surface area contributed by atoms with Crippen LogP contribution in [0.5, 0.6) is 23.2 Å². The van der Waals surface area contributed by atoms with Gasteiger partial charge in [0.15, 0.2) is 11.5 Å². The molecule has 1 aromatic heterocycles. The SMILES string of the molecule is CCOc1cc2oc(OC3CCN(C)CC3)cc(=O)c2c(O)c1OC. The second kappa shape index (κ2) is 7.23. The molecule has 0 amide bonds. The molecule has 1 aliphatic rings. The molecule has 0 unspecified atom stereocenters. The van der Waals surface area contributed by atoms with Crippen LogP contribution in [0.4, 0.5) is 0 Å². The Hall–Kier alpha value is -2.41. The van der Waals surface area contributed by atoms with Gasteiger partial charge in [0, 0.05) is 19.2 Å². The molecule has 2 aromatic rings. The zero-order chi connectivity index (χ0) is 18.0. The lowest BCUT2D eigenvalue weighted by Gasteiger charge is -2.28. The number of methoxy groups -OCH3 is 1. The maximum atomic E-state index is 12.4. The minimum Gasteiger partial charge on any atom is -0.504 e. The summed E-state index contributed by atoms with van der Waals surface area (Å²) in [6.45, 7) is 4.08. The van der Waals surface area contributed by atoms with Gasteiger partial charge >= 0.3 is 0 Å². The van der Waals surface area contributed by atoms with Crippen LogP contribution >= 0.6 is 0 Å². The zero-order valence-electron chi connectivity index (χ0n) is 14.7. The quantitative estimate of drug-likeness (QED) is 0.887. The normalized spacial score (nSPS) is 16.1. The van der Waals surface area contributed by atoms with E-state index in [0.717, 1.165) is 25.9 Å².